The van der Waals surface area contributed by atoms with Crippen LogP contribution in [0, 0.1) is 4.91 Å². The van der Waals surface area contributed by atoms with E-state index in [2.05, 4.69) is 0 Å². The van der Waals surface area contributed by atoms with Gasteiger partial charge in [0, 0.05) is 0 Å². The van der Waals surface area contributed by atoms with Crippen molar-refractivity contribution in [2.45, 2.75) is 6.42 Å². The van der Waals surface area contributed by atoms with Gasteiger partial charge in [-0.15, -0.1) is 0 Å². The maximum Gasteiger partial charge on any atom is 0.291 e. The van der Waals surface area contributed by atoms with Gasteiger partial charge in [0.25, 0.3) is 16.8 Å². The Bertz CT molecular complexity index is 141. The molecule has 1 saturated heterocycles. The molecule has 0 unspecified atom stereocenters. The summed E-state index contributed by atoms with van der Waals surface area (Å²) in [5.74, 6) is -1.18. The van der Waals surface area contributed by atoms with Crippen molar-refractivity contribution in [2.24, 2.45) is 0 Å². The second-order valence-corrected chi connectivity index (χ2v) is 1.54. The first kappa shape index (κ1) is 5.67. The lowest BCUT2D eigenvalue weighted by Gasteiger charge is -1.99. The first-order valence-corrected chi connectivity index (χ1v) is 2.25. The summed E-state index contributed by atoms with van der Waals surface area (Å²) in [5, 5.41) is 0. The first-order valence-electron chi connectivity index (χ1n) is 2.25. The molecule has 9 heavy (non-hydrogen) atoms. The van der Waals surface area contributed by atoms with E-state index < -0.39 is 11.8 Å². The van der Waals surface area contributed by atoms with E-state index in [-0.39, 0.29) is 11.4 Å². The molecular formula is C3H4N3O3+. The van der Waals surface area contributed by atoms with Crippen LogP contribution in [0.4, 0.5) is 0 Å². The van der Waals surface area contributed by atoms with Gasteiger partial charge in [0.2, 0.25) is 0 Å². The molecule has 0 saturated carbocycles. The maximum atomic E-state index is 10.3. The summed E-state index contributed by atoms with van der Waals surface area (Å²) in [6.07, 6.45) is -0.279. The summed E-state index contributed by atoms with van der Waals surface area (Å²) in [4.78, 5) is 30.7. The van der Waals surface area contributed by atoms with Crippen LogP contribution < -0.4 is 10.9 Å². The van der Waals surface area contributed by atoms with E-state index in [1.165, 1.54) is 0 Å². The predicted molar refractivity (Wildman–Crippen MR) is 24.5 cm³/mol. The Kier molecular flexibility index (Phi) is 1.14. The van der Waals surface area contributed by atoms with Crippen LogP contribution in [-0.4, -0.2) is 16.8 Å². The van der Waals surface area contributed by atoms with Crippen LogP contribution in [0.5, 0.6) is 0 Å². The molecule has 0 aromatic heterocycles. The highest BCUT2D eigenvalue weighted by Gasteiger charge is 2.27. The molecule has 1 heterocycles. The molecule has 1 aliphatic heterocycles. The minimum absolute atomic E-state index is 0.0197. The lowest BCUT2D eigenvalue weighted by molar-refractivity contribution is -0.640. The number of hydrazine groups is 2. The Morgan fingerprint density at radius 1 is 1.22 bits per heavy atom. The fourth-order valence-electron chi connectivity index (χ4n) is 0.479. The number of rotatable bonds is 0. The van der Waals surface area contributed by atoms with Gasteiger partial charge in [0.1, 0.15) is 6.42 Å². The normalized spacial score (nSPS) is 18.9. The number of nitroso groups, excluding NO2 is 1. The zero-order chi connectivity index (χ0) is 6.85. The van der Waals surface area contributed by atoms with Gasteiger partial charge in [0.05, 0.1) is 4.91 Å². The molecule has 2 N–H and O–H groups in total. The van der Waals surface area contributed by atoms with Crippen molar-refractivity contribution in [3.8, 4) is 0 Å². The summed E-state index contributed by atoms with van der Waals surface area (Å²) in [6.45, 7) is 0. The van der Waals surface area contributed by atoms with Gasteiger partial charge >= 0.3 is 0 Å². The molecule has 0 radical (unpaired) electrons. The highest BCUT2D eigenvalue weighted by atomic mass is 16.4. The predicted octanol–water partition coefficient (Wildman–Crippen LogP) is -1.77. The van der Waals surface area contributed by atoms with E-state index >= 15 is 0 Å². The number of nitrogens with one attached hydrogen (secondary N) is 2. The lowest BCUT2D eigenvalue weighted by atomic mass is 10.4. The third-order valence-corrected chi connectivity index (χ3v) is 0.774. The Balaban J connectivity index is 2.64. The van der Waals surface area contributed by atoms with E-state index in [0.717, 1.165) is 0 Å². The Labute approximate surface area is 49.7 Å². The first-order chi connectivity index (χ1) is 4.18. The fraction of sp³-hybridized carbons (Fsp3) is 0.333. The molecule has 1 fully saturated rings. The molecule has 2 amide bonds. The van der Waals surface area contributed by atoms with Crippen molar-refractivity contribution >= 4 is 11.8 Å². The molecule has 0 spiro atoms. The minimum atomic E-state index is -0.589. The number of hydrogen-bond donors (Lipinski definition) is 2. The second-order valence-electron chi connectivity index (χ2n) is 1.54. The largest absolute Gasteiger partial charge is 0.291 e. The van der Waals surface area contributed by atoms with Gasteiger partial charge in [-0.3, -0.25) is 9.59 Å². The third kappa shape index (κ3) is 1.21. The van der Waals surface area contributed by atoms with Crippen molar-refractivity contribution in [2.75, 3.05) is 0 Å². The van der Waals surface area contributed by atoms with Crippen molar-refractivity contribution in [1.82, 2.24) is 10.9 Å². The summed E-state index contributed by atoms with van der Waals surface area (Å²) < 4.78 is 0. The summed E-state index contributed by atoms with van der Waals surface area (Å²) in [7, 11) is 0. The smallest absolute Gasteiger partial charge is 0.268 e. The van der Waals surface area contributed by atoms with Crippen molar-refractivity contribution in [3.05, 3.63) is 4.91 Å². The molecule has 0 atom stereocenters. The van der Waals surface area contributed by atoms with Crippen LogP contribution in [0.15, 0.2) is 0 Å². The molecule has 48 valence electrons. The molecule has 6 heteroatoms. The Morgan fingerprint density at radius 3 is 2.00 bits per heavy atom. The Morgan fingerprint density at radius 2 is 1.67 bits per heavy atom. The van der Waals surface area contributed by atoms with E-state index in [9.17, 15) is 14.5 Å². The van der Waals surface area contributed by atoms with E-state index in [0.29, 0.717) is 0 Å². The average Bonchev–Trinajstić information content (AvgIpc) is 1.59. The van der Waals surface area contributed by atoms with Crippen LogP contribution in [0.2, 0.25) is 0 Å². The van der Waals surface area contributed by atoms with Crippen LogP contribution in [0.3, 0.4) is 0 Å². The number of hydrogen-bond acceptors (Lipinski definition) is 3. The van der Waals surface area contributed by atoms with Crippen molar-refractivity contribution in [1.29, 1.82) is 0 Å². The van der Waals surface area contributed by atoms with Gasteiger partial charge in [-0.2, -0.15) is 0 Å². The zero-order valence-electron chi connectivity index (χ0n) is 4.38. The number of carbonyl (C=O) groups is 2. The van der Waals surface area contributed by atoms with Crippen molar-refractivity contribution < 1.29 is 14.6 Å². The molecule has 0 aromatic rings. The highest BCUT2D eigenvalue weighted by molar-refractivity contribution is 5.96. The molecule has 0 aliphatic carbocycles. The van der Waals surface area contributed by atoms with Crippen LogP contribution in [0.25, 0.3) is 0 Å². The maximum absolute atomic E-state index is 10.3. The van der Waals surface area contributed by atoms with Gasteiger partial charge in [-0.25, -0.2) is 0 Å². The molecule has 1 aliphatic rings. The molecule has 6 nitrogen and oxygen atoms in total. The summed E-state index contributed by atoms with van der Waals surface area (Å²) in [5.41, 5.74) is 3.63. The quantitative estimate of drug-likeness (QED) is 0.301. The van der Waals surface area contributed by atoms with E-state index in [1.807, 2.05) is 10.9 Å². The standard InChI is InChI=1S/C3H3N3O3/c7-2-1-3(8)5-6(9)4-2/h1H2,(H-,4,5,7,8,9)/p+1. The SMILES string of the molecule is O=C1CC(=O)N[N+](=O)N1. The summed E-state index contributed by atoms with van der Waals surface area (Å²) >= 11 is 0. The van der Waals surface area contributed by atoms with E-state index in [4.69, 9.17) is 0 Å². The van der Waals surface area contributed by atoms with Gasteiger partial charge in [-0.1, -0.05) is 10.9 Å². The zero-order valence-corrected chi connectivity index (χ0v) is 4.38. The third-order valence-electron chi connectivity index (χ3n) is 0.774. The molecule has 1 rings (SSSR count). The van der Waals surface area contributed by atoms with Gasteiger partial charge < -0.3 is 0 Å². The molecule has 0 aromatic carbocycles. The van der Waals surface area contributed by atoms with Crippen LogP contribution in [-0.2, 0) is 9.59 Å². The second kappa shape index (κ2) is 1.81. The monoisotopic (exact) mass is 130 g/mol. The number of nitrogens with zero attached hydrogens (tertiary/aromatic N) is 1. The Hall–Kier alpha value is -1.46. The molecule has 0 bridgehead atoms. The van der Waals surface area contributed by atoms with Gasteiger partial charge in [0.15, 0.2) is 0 Å². The average molecular weight is 130 g/mol. The van der Waals surface area contributed by atoms with Crippen LogP contribution in [0.1, 0.15) is 6.42 Å². The fourth-order valence-corrected chi connectivity index (χ4v) is 0.479. The summed E-state index contributed by atoms with van der Waals surface area (Å²) in [6, 6.07) is 0. The number of amides is 2. The number of carbonyl (C=O) groups excluding carboxylic acids is 2. The lowest BCUT2D eigenvalue weighted by Crippen LogP contribution is -2.51. The van der Waals surface area contributed by atoms with E-state index in [1.54, 1.807) is 0 Å². The minimum Gasteiger partial charge on any atom is -0.268 e. The van der Waals surface area contributed by atoms with Gasteiger partial charge in [-0.05, 0) is 0 Å². The van der Waals surface area contributed by atoms with Crippen LogP contribution >= 0.6 is 0 Å². The topological polar surface area (TPSA) is 78.3 Å². The highest BCUT2D eigenvalue weighted by Crippen LogP contribution is 1.84. The molecular weight excluding hydrogens is 126 g/mol. The van der Waals surface area contributed by atoms with Crippen molar-refractivity contribution in [3.63, 3.8) is 0 Å².